The van der Waals surface area contributed by atoms with Gasteiger partial charge >= 0.3 is 0 Å². The SMILES string of the molecule is Cc1ccc(NC(=S)Nc2c(C)cccc2Cl)cc1Cl. The third-order valence-electron chi connectivity index (χ3n) is 2.89. The minimum Gasteiger partial charge on any atom is -0.332 e. The Bertz CT molecular complexity index is 636. The molecule has 2 aromatic rings. The van der Waals surface area contributed by atoms with Crippen LogP contribution < -0.4 is 10.6 Å². The maximum atomic E-state index is 6.15. The highest BCUT2D eigenvalue weighted by molar-refractivity contribution is 7.80. The first-order valence-electron chi connectivity index (χ1n) is 6.06. The van der Waals surface area contributed by atoms with Crippen LogP contribution in [-0.2, 0) is 0 Å². The number of nitrogens with one attached hydrogen (secondary N) is 2. The lowest BCUT2D eigenvalue weighted by atomic mass is 10.2. The standard InChI is InChI=1S/C15H14Cl2N2S/c1-9-6-7-11(8-13(9)17)18-15(20)19-14-10(2)4-3-5-12(14)16/h3-8H,1-2H3,(H2,18,19,20). The van der Waals surface area contributed by atoms with Crippen molar-refractivity contribution in [2.75, 3.05) is 10.6 Å². The average molecular weight is 325 g/mol. The maximum Gasteiger partial charge on any atom is 0.175 e. The largest absolute Gasteiger partial charge is 0.332 e. The number of aryl methyl sites for hydroxylation is 2. The first kappa shape index (κ1) is 15.1. The molecule has 0 aliphatic heterocycles. The van der Waals surface area contributed by atoms with Crippen molar-refractivity contribution in [1.82, 2.24) is 0 Å². The fraction of sp³-hybridized carbons (Fsp3) is 0.133. The van der Waals surface area contributed by atoms with E-state index in [-0.39, 0.29) is 0 Å². The molecule has 0 saturated heterocycles. The minimum absolute atomic E-state index is 0.473. The summed E-state index contributed by atoms with van der Waals surface area (Å²) in [4.78, 5) is 0. The van der Waals surface area contributed by atoms with E-state index in [0.29, 0.717) is 15.2 Å². The van der Waals surface area contributed by atoms with Crippen LogP contribution in [0.5, 0.6) is 0 Å². The number of halogens is 2. The summed E-state index contributed by atoms with van der Waals surface area (Å²) in [6.07, 6.45) is 0. The molecule has 0 aliphatic carbocycles. The van der Waals surface area contributed by atoms with E-state index in [2.05, 4.69) is 10.6 Å². The van der Waals surface area contributed by atoms with Gasteiger partial charge in [0.05, 0.1) is 10.7 Å². The molecule has 5 heteroatoms. The van der Waals surface area contributed by atoms with Crippen LogP contribution in [0.3, 0.4) is 0 Å². The molecule has 0 spiro atoms. The second-order valence-corrected chi connectivity index (χ2v) is 5.70. The van der Waals surface area contributed by atoms with Crippen molar-refractivity contribution in [2.45, 2.75) is 13.8 Å². The Kier molecular flexibility index (Phi) is 4.86. The Labute approximate surface area is 134 Å². The van der Waals surface area contributed by atoms with Crippen molar-refractivity contribution in [3.8, 4) is 0 Å². The first-order valence-corrected chi connectivity index (χ1v) is 7.23. The molecular weight excluding hydrogens is 311 g/mol. The zero-order valence-corrected chi connectivity index (χ0v) is 13.5. The van der Waals surface area contributed by atoms with E-state index in [0.717, 1.165) is 22.5 Å². The summed E-state index contributed by atoms with van der Waals surface area (Å²) in [6, 6.07) is 11.4. The van der Waals surface area contributed by atoms with E-state index in [9.17, 15) is 0 Å². The summed E-state index contributed by atoms with van der Waals surface area (Å²) in [5.74, 6) is 0. The van der Waals surface area contributed by atoms with Gasteiger partial charge < -0.3 is 10.6 Å². The molecule has 0 heterocycles. The van der Waals surface area contributed by atoms with E-state index in [1.165, 1.54) is 0 Å². The van der Waals surface area contributed by atoms with E-state index in [1.54, 1.807) is 0 Å². The van der Waals surface area contributed by atoms with Crippen LogP contribution in [0.4, 0.5) is 11.4 Å². The molecule has 2 N–H and O–H groups in total. The number of rotatable bonds is 2. The van der Waals surface area contributed by atoms with E-state index in [4.69, 9.17) is 35.4 Å². The van der Waals surface area contributed by atoms with Gasteiger partial charge in [0, 0.05) is 10.7 Å². The highest BCUT2D eigenvalue weighted by Gasteiger charge is 2.06. The second-order valence-electron chi connectivity index (χ2n) is 4.47. The third kappa shape index (κ3) is 3.63. The van der Waals surface area contributed by atoms with Crippen LogP contribution in [0.25, 0.3) is 0 Å². The molecule has 0 saturated carbocycles. The highest BCUT2D eigenvalue weighted by Crippen LogP contribution is 2.26. The predicted octanol–water partition coefficient (Wildman–Crippen LogP) is 5.42. The van der Waals surface area contributed by atoms with Gasteiger partial charge in [0.15, 0.2) is 5.11 Å². The first-order chi connectivity index (χ1) is 9.47. The van der Waals surface area contributed by atoms with Crippen LogP contribution in [0.15, 0.2) is 36.4 Å². The number of benzene rings is 2. The van der Waals surface area contributed by atoms with Gasteiger partial charge in [0.1, 0.15) is 0 Å². The van der Waals surface area contributed by atoms with Crippen molar-refractivity contribution in [3.63, 3.8) is 0 Å². The summed E-state index contributed by atoms with van der Waals surface area (Å²) in [5, 5.41) is 8.01. The number of hydrogen-bond acceptors (Lipinski definition) is 1. The van der Waals surface area contributed by atoms with Crippen LogP contribution in [0.2, 0.25) is 10.0 Å². The zero-order chi connectivity index (χ0) is 14.7. The van der Waals surface area contributed by atoms with Gasteiger partial charge in [0.2, 0.25) is 0 Å². The van der Waals surface area contributed by atoms with Crippen LogP contribution in [0.1, 0.15) is 11.1 Å². The lowest BCUT2D eigenvalue weighted by Gasteiger charge is -2.14. The Morgan fingerprint density at radius 2 is 1.70 bits per heavy atom. The topological polar surface area (TPSA) is 24.1 Å². The molecule has 0 aromatic heterocycles. The zero-order valence-electron chi connectivity index (χ0n) is 11.1. The van der Waals surface area contributed by atoms with Crippen molar-refractivity contribution in [3.05, 3.63) is 57.6 Å². The molecule has 0 radical (unpaired) electrons. The molecule has 2 rings (SSSR count). The molecule has 0 unspecified atom stereocenters. The second kappa shape index (κ2) is 6.44. The maximum absolute atomic E-state index is 6.15. The highest BCUT2D eigenvalue weighted by atomic mass is 35.5. The molecule has 2 aromatic carbocycles. The summed E-state index contributed by atoms with van der Waals surface area (Å²) in [7, 11) is 0. The van der Waals surface area contributed by atoms with Crippen LogP contribution in [0, 0.1) is 13.8 Å². The monoisotopic (exact) mass is 324 g/mol. The number of para-hydroxylation sites is 1. The van der Waals surface area contributed by atoms with Crippen molar-refractivity contribution >= 4 is 51.9 Å². The molecule has 0 amide bonds. The van der Waals surface area contributed by atoms with Gasteiger partial charge in [-0.05, 0) is 55.4 Å². The molecule has 0 atom stereocenters. The summed E-state index contributed by atoms with van der Waals surface area (Å²) >= 11 is 17.5. The van der Waals surface area contributed by atoms with E-state index in [1.807, 2.05) is 50.2 Å². The molecule has 104 valence electrons. The summed E-state index contributed by atoms with van der Waals surface area (Å²) in [6.45, 7) is 3.93. The average Bonchev–Trinajstić information content (AvgIpc) is 2.38. The van der Waals surface area contributed by atoms with Crippen LogP contribution >= 0.6 is 35.4 Å². The van der Waals surface area contributed by atoms with Crippen LogP contribution in [-0.4, -0.2) is 5.11 Å². The Balaban J connectivity index is 2.11. The number of thiocarbonyl (C=S) groups is 1. The summed E-state index contributed by atoms with van der Waals surface area (Å²) < 4.78 is 0. The molecule has 2 nitrogen and oxygen atoms in total. The van der Waals surface area contributed by atoms with Crippen molar-refractivity contribution < 1.29 is 0 Å². The number of anilines is 2. The molecule has 0 fully saturated rings. The molecule has 0 bridgehead atoms. The van der Waals surface area contributed by atoms with Gasteiger partial charge in [-0.2, -0.15) is 0 Å². The molecule has 0 aliphatic rings. The van der Waals surface area contributed by atoms with Crippen molar-refractivity contribution in [1.29, 1.82) is 0 Å². The molecular formula is C15H14Cl2N2S. The van der Waals surface area contributed by atoms with Gasteiger partial charge in [-0.15, -0.1) is 0 Å². The summed E-state index contributed by atoms with van der Waals surface area (Å²) in [5.41, 5.74) is 3.70. The third-order valence-corrected chi connectivity index (χ3v) is 3.82. The fourth-order valence-electron chi connectivity index (χ4n) is 1.74. The quantitative estimate of drug-likeness (QED) is 0.721. The molecule has 20 heavy (non-hydrogen) atoms. The minimum atomic E-state index is 0.473. The van der Waals surface area contributed by atoms with E-state index >= 15 is 0 Å². The normalized spacial score (nSPS) is 10.2. The Morgan fingerprint density at radius 1 is 0.950 bits per heavy atom. The van der Waals surface area contributed by atoms with Gasteiger partial charge in [-0.1, -0.05) is 41.4 Å². The van der Waals surface area contributed by atoms with Gasteiger partial charge in [0.25, 0.3) is 0 Å². The van der Waals surface area contributed by atoms with E-state index < -0.39 is 0 Å². The van der Waals surface area contributed by atoms with Gasteiger partial charge in [-0.25, -0.2) is 0 Å². The van der Waals surface area contributed by atoms with Crippen molar-refractivity contribution in [2.24, 2.45) is 0 Å². The van der Waals surface area contributed by atoms with Gasteiger partial charge in [-0.3, -0.25) is 0 Å². The lowest BCUT2D eigenvalue weighted by molar-refractivity contribution is 1.45. The number of hydrogen-bond donors (Lipinski definition) is 2. The predicted molar refractivity (Wildman–Crippen MR) is 92.2 cm³/mol. The Morgan fingerprint density at radius 3 is 2.35 bits per heavy atom. The fourth-order valence-corrected chi connectivity index (χ4v) is 2.41. The smallest absolute Gasteiger partial charge is 0.175 e. The lowest BCUT2D eigenvalue weighted by Crippen LogP contribution is -2.19. The Hall–Kier alpha value is -1.29.